The summed E-state index contributed by atoms with van der Waals surface area (Å²) in [5.41, 5.74) is -0.0228. The zero-order valence-electron chi connectivity index (χ0n) is 11.2. The fourth-order valence-corrected chi connectivity index (χ4v) is 2.39. The van der Waals surface area contributed by atoms with Crippen molar-refractivity contribution >= 4 is 12.0 Å². The van der Waals surface area contributed by atoms with Gasteiger partial charge in [0.1, 0.15) is 0 Å². The molecule has 0 atom stereocenters. The van der Waals surface area contributed by atoms with Gasteiger partial charge in [0.2, 0.25) is 0 Å². The minimum absolute atomic E-state index is 0.0197. The number of hydrogen-bond acceptors (Lipinski definition) is 3. The molecule has 102 valence electrons. The van der Waals surface area contributed by atoms with E-state index in [9.17, 15) is 9.59 Å². The number of rotatable bonds is 1. The fourth-order valence-electron chi connectivity index (χ4n) is 2.39. The number of urea groups is 1. The van der Waals surface area contributed by atoms with Crippen LogP contribution >= 0.6 is 0 Å². The van der Waals surface area contributed by atoms with E-state index in [4.69, 9.17) is 5.11 Å². The van der Waals surface area contributed by atoms with Crippen LogP contribution in [0.15, 0.2) is 0 Å². The Hall–Kier alpha value is -1.30. The number of carboxylic acid groups (broad SMARTS) is 1. The van der Waals surface area contributed by atoms with Crippen molar-refractivity contribution in [3.05, 3.63) is 0 Å². The highest BCUT2D eigenvalue weighted by Crippen LogP contribution is 2.23. The molecule has 0 radical (unpaired) electrons. The lowest BCUT2D eigenvalue weighted by molar-refractivity contribution is -0.146. The molecule has 2 aliphatic rings. The molecule has 2 rings (SSSR count). The molecular formula is C12H21N3O3. The predicted octanol–water partition coefficient (Wildman–Crippen LogP) is 0.149. The summed E-state index contributed by atoms with van der Waals surface area (Å²) >= 11 is 0. The van der Waals surface area contributed by atoms with E-state index >= 15 is 0 Å². The van der Waals surface area contributed by atoms with Crippen LogP contribution in [0.4, 0.5) is 4.79 Å². The normalized spacial score (nSPS) is 24.8. The van der Waals surface area contributed by atoms with Crippen LogP contribution in [0.1, 0.15) is 13.8 Å². The Morgan fingerprint density at radius 3 is 2.28 bits per heavy atom. The minimum Gasteiger partial charge on any atom is -0.481 e. The third-order valence-electron chi connectivity index (χ3n) is 4.09. The van der Waals surface area contributed by atoms with Crippen molar-refractivity contribution in [1.29, 1.82) is 0 Å². The second kappa shape index (κ2) is 4.42. The van der Waals surface area contributed by atoms with E-state index in [1.807, 2.05) is 4.90 Å². The largest absolute Gasteiger partial charge is 0.481 e. The van der Waals surface area contributed by atoms with E-state index in [0.29, 0.717) is 26.2 Å². The molecule has 2 fully saturated rings. The third-order valence-corrected chi connectivity index (χ3v) is 4.09. The second-order valence-corrected chi connectivity index (χ2v) is 5.88. The number of carbonyl (C=O) groups excluding carboxylic acids is 1. The highest BCUT2D eigenvalue weighted by molar-refractivity contribution is 5.80. The molecule has 0 saturated carbocycles. The molecule has 6 heteroatoms. The number of nitrogens with zero attached hydrogens (tertiary/aromatic N) is 3. The van der Waals surface area contributed by atoms with Crippen molar-refractivity contribution in [2.45, 2.75) is 19.4 Å². The first-order valence-electron chi connectivity index (χ1n) is 6.29. The van der Waals surface area contributed by atoms with Crippen LogP contribution in [0, 0.1) is 5.92 Å². The van der Waals surface area contributed by atoms with Gasteiger partial charge in [-0.1, -0.05) is 0 Å². The summed E-state index contributed by atoms with van der Waals surface area (Å²) in [6, 6.07) is -0.0197. The number of amides is 2. The number of carbonyl (C=O) groups is 2. The third kappa shape index (κ3) is 2.29. The zero-order valence-corrected chi connectivity index (χ0v) is 11.2. The molecule has 18 heavy (non-hydrogen) atoms. The number of carboxylic acids is 1. The molecule has 2 heterocycles. The number of piperazine rings is 1. The highest BCUT2D eigenvalue weighted by Gasteiger charge is 2.40. The van der Waals surface area contributed by atoms with Gasteiger partial charge in [-0.05, 0) is 20.9 Å². The summed E-state index contributed by atoms with van der Waals surface area (Å²) in [6.45, 7) is 7.19. The summed E-state index contributed by atoms with van der Waals surface area (Å²) in [6.07, 6.45) is 0. The van der Waals surface area contributed by atoms with Crippen LogP contribution in [0.25, 0.3) is 0 Å². The van der Waals surface area contributed by atoms with Crippen LogP contribution < -0.4 is 0 Å². The van der Waals surface area contributed by atoms with Crippen LogP contribution in [0.3, 0.4) is 0 Å². The predicted molar refractivity (Wildman–Crippen MR) is 66.4 cm³/mol. The van der Waals surface area contributed by atoms with E-state index < -0.39 is 5.97 Å². The molecule has 0 aromatic rings. The Labute approximate surface area is 107 Å². The molecule has 0 bridgehead atoms. The summed E-state index contributed by atoms with van der Waals surface area (Å²) in [7, 11) is 2.06. The lowest BCUT2D eigenvalue weighted by Gasteiger charge is -2.48. The quantitative estimate of drug-likeness (QED) is 0.724. The topological polar surface area (TPSA) is 64.1 Å². The molecule has 0 aliphatic carbocycles. The van der Waals surface area contributed by atoms with Gasteiger partial charge in [0.25, 0.3) is 0 Å². The van der Waals surface area contributed by atoms with Gasteiger partial charge in [0.05, 0.1) is 5.92 Å². The smallest absolute Gasteiger partial charge is 0.320 e. The number of likely N-dealkylation sites (tertiary alicyclic amines) is 1. The molecule has 6 nitrogen and oxygen atoms in total. The van der Waals surface area contributed by atoms with Crippen molar-refractivity contribution in [2.24, 2.45) is 5.92 Å². The van der Waals surface area contributed by atoms with Crippen molar-refractivity contribution in [1.82, 2.24) is 14.7 Å². The second-order valence-electron chi connectivity index (χ2n) is 5.88. The van der Waals surface area contributed by atoms with Gasteiger partial charge in [-0.2, -0.15) is 0 Å². The summed E-state index contributed by atoms with van der Waals surface area (Å²) in [5.74, 6) is -1.19. The van der Waals surface area contributed by atoms with Gasteiger partial charge in [-0.15, -0.1) is 0 Å². The molecule has 2 aliphatic heterocycles. The minimum atomic E-state index is -0.808. The van der Waals surface area contributed by atoms with Gasteiger partial charge in [-0.25, -0.2) is 4.79 Å². The van der Waals surface area contributed by atoms with Crippen molar-refractivity contribution in [2.75, 3.05) is 39.8 Å². The van der Waals surface area contributed by atoms with E-state index in [2.05, 4.69) is 25.8 Å². The van der Waals surface area contributed by atoms with Crippen molar-refractivity contribution in [3.63, 3.8) is 0 Å². The Morgan fingerprint density at radius 2 is 1.78 bits per heavy atom. The Balaban J connectivity index is 1.90. The van der Waals surface area contributed by atoms with Crippen molar-refractivity contribution < 1.29 is 14.7 Å². The first-order valence-corrected chi connectivity index (χ1v) is 6.29. The lowest BCUT2D eigenvalue weighted by atomic mass is 9.98. The molecule has 0 aromatic carbocycles. The first kappa shape index (κ1) is 13.1. The van der Waals surface area contributed by atoms with Gasteiger partial charge in [0.15, 0.2) is 0 Å². The molecule has 2 amide bonds. The van der Waals surface area contributed by atoms with E-state index in [1.54, 1.807) is 4.90 Å². The number of aliphatic carboxylic acids is 1. The maximum atomic E-state index is 12.2. The van der Waals surface area contributed by atoms with E-state index in [-0.39, 0.29) is 17.5 Å². The van der Waals surface area contributed by atoms with Crippen LogP contribution in [-0.4, -0.2) is 77.1 Å². The fraction of sp³-hybridized carbons (Fsp3) is 0.833. The average Bonchev–Trinajstić information content (AvgIpc) is 2.19. The Bertz CT molecular complexity index is 364. The molecule has 1 N–H and O–H groups in total. The summed E-state index contributed by atoms with van der Waals surface area (Å²) < 4.78 is 0. The first-order chi connectivity index (χ1) is 8.31. The Kier molecular flexibility index (Phi) is 3.23. The summed E-state index contributed by atoms with van der Waals surface area (Å²) in [5, 5.41) is 8.80. The molecule has 0 aromatic heterocycles. The van der Waals surface area contributed by atoms with Gasteiger partial charge in [0, 0.05) is 38.3 Å². The van der Waals surface area contributed by atoms with Crippen LogP contribution in [-0.2, 0) is 4.79 Å². The van der Waals surface area contributed by atoms with E-state index in [0.717, 1.165) is 6.54 Å². The number of likely N-dealkylation sites (N-methyl/N-ethyl adjacent to an activating group) is 1. The molecular weight excluding hydrogens is 234 g/mol. The molecule has 2 saturated heterocycles. The summed E-state index contributed by atoms with van der Waals surface area (Å²) in [4.78, 5) is 28.6. The molecule has 0 unspecified atom stereocenters. The Morgan fingerprint density at radius 1 is 1.17 bits per heavy atom. The highest BCUT2D eigenvalue weighted by atomic mass is 16.4. The van der Waals surface area contributed by atoms with Gasteiger partial charge in [-0.3, -0.25) is 9.69 Å². The molecule has 0 spiro atoms. The monoisotopic (exact) mass is 255 g/mol. The lowest BCUT2D eigenvalue weighted by Crippen LogP contribution is -2.64. The van der Waals surface area contributed by atoms with Crippen LogP contribution in [0.5, 0.6) is 0 Å². The average molecular weight is 255 g/mol. The standard InChI is InChI=1S/C12H21N3O3/c1-12(2)8-14(5-4-13(12)3)11(18)15-6-9(7-15)10(16)17/h9H,4-8H2,1-3H3,(H,16,17). The maximum Gasteiger partial charge on any atom is 0.320 e. The zero-order chi connectivity index (χ0) is 13.5. The van der Waals surface area contributed by atoms with Gasteiger partial charge >= 0.3 is 12.0 Å². The van der Waals surface area contributed by atoms with Crippen LogP contribution in [0.2, 0.25) is 0 Å². The van der Waals surface area contributed by atoms with Gasteiger partial charge < -0.3 is 14.9 Å². The SMILES string of the molecule is CN1CCN(C(=O)N2CC(C(=O)O)C2)CC1(C)C. The van der Waals surface area contributed by atoms with Crippen molar-refractivity contribution in [3.8, 4) is 0 Å². The number of hydrogen-bond donors (Lipinski definition) is 1. The maximum absolute atomic E-state index is 12.2. The van der Waals surface area contributed by atoms with E-state index in [1.165, 1.54) is 0 Å².